The monoisotopic (exact) mass is 452 g/mol. The van der Waals surface area contributed by atoms with Crippen LogP contribution in [0.5, 0.6) is 5.75 Å². The third-order valence-corrected chi connectivity index (χ3v) is 7.52. The molecule has 4 aliphatic heterocycles. The van der Waals surface area contributed by atoms with Crippen LogP contribution >= 0.6 is 0 Å². The second-order valence-electron chi connectivity index (χ2n) is 9.58. The molecule has 176 valence electrons. The molecule has 1 aromatic heterocycles. The van der Waals surface area contributed by atoms with Crippen LogP contribution in [0.25, 0.3) is 0 Å². The molecule has 0 aliphatic carbocycles. The van der Waals surface area contributed by atoms with Gasteiger partial charge >= 0.3 is 0 Å². The van der Waals surface area contributed by atoms with Crippen molar-refractivity contribution >= 4 is 11.8 Å². The van der Waals surface area contributed by atoms with E-state index in [4.69, 9.17) is 10.5 Å². The van der Waals surface area contributed by atoms with Crippen LogP contribution in [0, 0.1) is 17.8 Å². The molecule has 5 heterocycles. The Morgan fingerprint density at radius 1 is 1.09 bits per heavy atom. The van der Waals surface area contributed by atoms with E-state index in [1.165, 1.54) is 0 Å². The number of rotatable bonds is 7. The summed E-state index contributed by atoms with van der Waals surface area (Å²) >= 11 is 0. The first-order chi connectivity index (χ1) is 16.1. The maximum atomic E-state index is 13.2. The van der Waals surface area contributed by atoms with Gasteiger partial charge < -0.3 is 15.4 Å². The van der Waals surface area contributed by atoms with Gasteiger partial charge in [-0.15, -0.1) is 5.10 Å². The zero-order valence-corrected chi connectivity index (χ0v) is 18.9. The molecule has 9 nitrogen and oxygen atoms in total. The normalized spacial score (nSPS) is 27.5. The zero-order valence-electron chi connectivity index (χ0n) is 18.9. The van der Waals surface area contributed by atoms with E-state index in [1.807, 2.05) is 46.1 Å². The summed E-state index contributed by atoms with van der Waals surface area (Å²) < 4.78 is 7.67. The van der Waals surface area contributed by atoms with Crippen molar-refractivity contribution in [1.82, 2.24) is 24.8 Å². The highest BCUT2D eigenvalue weighted by molar-refractivity contribution is 5.81. The Labute approximate surface area is 193 Å². The van der Waals surface area contributed by atoms with Crippen LogP contribution in [-0.4, -0.2) is 68.8 Å². The number of nitrogens with two attached hydrogens (primary N) is 1. The van der Waals surface area contributed by atoms with Gasteiger partial charge in [-0.3, -0.25) is 19.2 Å². The molecular weight excluding hydrogens is 420 g/mol. The lowest BCUT2D eigenvalue weighted by Gasteiger charge is -2.50. The molecule has 4 fully saturated rings. The first-order valence-electron chi connectivity index (χ1n) is 12.0. The van der Waals surface area contributed by atoms with Gasteiger partial charge in [0, 0.05) is 31.6 Å². The number of piperidine rings is 4. The van der Waals surface area contributed by atoms with Gasteiger partial charge in [0.05, 0.1) is 18.7 Å². The lowest BCUT2D eigenvalue weighted by Crippen LogP contribution is -2.59. The van der Waals surface area contributed by atoms with Gasteiger partial charge in [0.25, 0.3) is 0 Å². The summed E-state index contributed by atoms with van der Waals surface area (Å²) in [7, 11) is 0. The van der Waals surface area contributed by atoms with Gasteiger partial charge in [-0.05, 0) is 50.3 Å². The summed E-state index contributed by atoms with van der Waals surface area (Å²) in [6, 6.07) is 10.1. The molecule has 4 aliphatic rings. The second kappa shape index (κ2) is 9.51. The zero-order chi connectivity index (χ0) is 22.8. The Hall–Kier alpha value is -2.94. The standard InChI is InChI=1S/C24H32N6O3/c25-23(31)17-6-9-28(10-7-17)24(32)22-15-29-11-8-18(22)12-20(29)14-30-13-19(26-27-30)16-33-21-4-2-1-3-5-21/h1-5,13,17-18,20,22H,6-12,14-16H2,(H2,25,31). The minimum atomic E-state index is -0.240. The number of benzene rings is 1. The van der Waals surface area contributed by atoms with Gasteiger partial charge in [-0.25, -0.2) is 0 Å². The van der Waals surface area contributed by atoms with E-state index in [-0.39, 0.29) is 23.7 Å². The average Bonchev–Trinajstić information content (AvgIpc) is 3.30. The summed E-state index contributed by atoms with van der Waals surface area (Å²) in [4.78, 5) is 29.0. The first kappa shape index (κ1) is 21.9. The van der Waals surface area contributed by atoms with Crippen LogP contribution in [0.4, 0.5) is 0 Å². The predicted molar refractivity (Wildman–Crippen MR) is 121 cm³/mol. The molecule has 4 unspecified atom stereocenters. The van der Waals surface area contributed by atoms with E-state index in [9.17, 15) is 9.59 Å². The average molecular weight is 453 g/mol. The van der Waals surface area contributed by atoms with Crippen LogP contribution in [0.3, 0.4) is 0 Å². The van der Waals surface area contributed by atoms with Crippen LogP contribution < -0.4 is 10.5 Å². The molecule has 2 aromatic rings. The van der Waals surface area contributed by atoms with Crippen molar-refractivity contribution in [3.63, 3.8) is 0 Å². The van der Waals surface area contributed by atoms with Crippen molar-refractivity contribution < 1.29 is 14.3 Å². The quantitative estimate of drug-likeness (QED) is 0.679. The van der Waals surface area contributed by atoms with Crippen molar-refractivity contribution in [3.05, 3.63) is 42.2 Å². The van der Waals surface area contributed by atoms with Gasteiger partial charge in [-0.2, -0.15) is 0 Å². The molecule has 4 saturated heterocycles. The lowest BCUT2D eigenvalue weighted by atomic mass is 9.74. The number of fused-ring (bicyclic) bond motifs is 3. The van der Waals surface area contributed by atoms with Gasteiger partial charge in [0.2, 0.25) is 11.8 Å². The third kappa shape index (κ3) is 4.88. The number of hydrogen-bond acceptors (Lipinski definition) is 6. The van der Waals surface area contributed by atoms with E-state index in [2.05, 4.69) is 15.2 Å². The Morgan fingerprint density at radius 3 is 2.58 bits per heavy atom. The van der Waals surface area contributed by atoms with E-state index in [0.717, 1.165) is 43.9 Å². The van der Waals surface area contributed by atoms with Crippen molar-refractivity contribution in [3.8, 4) is 5.75 Å². The Bertz CT molecular complexity index is 972. The maximum absolute atomic E-state index is 13.2. The Balaban J connectivity index is 1.13. The number of likely N-dealkylation sites (tertiary alicyclic amines) is 1. The molecule has 2 bridgehead atoms. The summed E-state index contributed by atoms with van der Waals surface area (Å²) in [5, 5.41) is 8.56. The van der Waals surface area contributed by atoms with Crippen LogP contribution in [-0.2, 0) is 22.7 Å². The highest BCUT2D eigenvalue weighted by atomic mass is 16.5. The highest BCUT2D eigenvalue weighted by Crippen LogP contribution is 2.38. The molecule has 9 heteroatoms. The fraction of sp³-hybridized carbons (Fsp3) is 0.583. The molecule has 0 radical (unpaired) electrons. The SMILES string of the molecule is NC(=O)C1CCN(C(=O)C2CN3CCC2CC3Cn2cc(COc3ccccc3)nn2)CC1. The topological polar surface area (TPSA) is 107 Å². The van der Waals surface area contributed by atoms with Crippen LogP contribution in [0.2, 0.25) is 0 Å². The molecule has 4 atom stereocenters. The summed E-state index contributed by atoms with van der Waals surface area (Å²) in [5.41, 5.74) is 6.24. The lowest BCUT2D eigenvalue weighted by molar-refractivity contribution is -0.146. The maximum Gasteiger partial charge on any atom is 0.227 e. The number of amides is 2. The number of primary amides is 1. The smallest absolute Gasteiger partial charge is 0.227 e. The van der Waals surface area contributed by atoms with Gasteiger partial charge in [0.1, 0.15) is 18.1 Å². The fourth-order valence-corrected chi connectivity index (χ4v) is 5.61. The predicted octanol–water partition coefficient (Wildman–Crippen LogP) is 1.29. The Kier molecular flexibility index (Phi) is 6.30. The summed E-state index contributed by atoms with van der Waals surface area (Å²) in [5.74, 6) is 1.22. The van der Waals surface area contributed by atoms with Crippen LogP contribution in [0.15, 0.2) is 36.5 Å². The molecule has 0 spiro atoms. The minimum absolute atomic E-state index is 0.0608. The number of aromatic nitrogens is 3. The summed E-state index contributed by atoms with van der Waals surface area (Å²) in [6.45, 7) is 4.30. The Morgan fingerprint density at radius 2 is 1.88 bits per heavy atom. The van der Waals surface area contributed by atoms with Gasteiger partial charge in [0.15, 0.2) is 0 Å². The summed E-state index contributed by atoms with van der Waals surface area (Å²) in [6.07, 6.45) is 5.40. The van der Waals surface area contributed by atoms with E-state index >= 15 is 0 Å². The van der Waals surface area contributed by atoms with Crippen molar-refractivity contribution in [1.29, 1.82) is 0 Å². The fourth-order valence-electron chi connectivity index (χ4n) is 5.61. The number of carbonyl (C=O) groups is 2. The largest absolute Gasteiger partial charge is 0.487 e. The number of carbonyl (C=O) groups excluding carboxylic acids is 2. The van der Waals surface area contributed by atoms with Crippen molar-refractivity contribution in [2.75, 3.05) is 26.2 Å². The number of ether oxygens (including phenoxy) is 1. The first-order valence-corrected chi connectivity index (χ1v) is 12.0. The second-order valence-corrected chi connectivity index (χ2v) is 9.58. The van der Waals surface area contributed by atoms with Crippen molar-refractivity contribution in [2.45, 2.75) is 44.9 Å². The van der Waals surface area contributed by atoms with E-state index in [1.54, 1.807) is 0 Å². The minimum Gasteiger partial charge on any atom is -0.487 e. The van der Waals surface area contributed by atoms with E-state index < -0.39 is 0 Å². The number of hydrogen-bond donors (Lipinski definition) is 1. The molecule has 6 rings (SSSR count). The molecule has 1 aromatic carbocycles. The van der Waals surface area contributed by atoms with Gasteiger partial charge in [-0.1, -0.05) is 23.4 Å². The number of nitrogens with zero attached hydrogens (tertiary/aromatic N) is 5. The molecule has 2 amide bonds. The number of para-hydroxylation sites is 1. The molecular formula is C24H32N6O3. The molecule has 0 saturated carbocycles. The van der Waals surface area contributed by atoms with E-state index in [0.29, 0.717) is 44.5 Å². The molecule has 2 N–H and O–H groups in total. The molecule has 33 heavy (non-hydrogen) atoms. The third-order valence-electron chi connectivity index (χ3n) is 7.52. The van der Waals surface area contributed by atoms with Crippen LogP contribution in [0.1, 0.15) is 31.4 Å². The highest BCUT2D eigenvalue weighted by Gasteiger charge is 2.45. The van der Waals surface area contributed by atoms with Crippen molar-refractivity contribution in [2.24, 2.45) is 23.5 Å².